The molecule has 1 fully saturated rings. The summed E-state index contributed by atoms with van der Waals surface area (Å²) in [5.74, 6) is -1.70. The molecule has 0 saturated carbocycles. The summed E-state index contributed by atoms with van der Waals surface area (Å²) in [6, 6.07) is 10.9. The number of nitrogens with one attached hydrogen (secondary N) is 1. The van der Waals surface area contributed by atoms with E-state index in [1.54, 1.807) is 6.07 Å². The average Bonchev–Trinajstić information content (AvgIpc) is 3.01. The molecular weight excluding hydrogens is 452 g/mol. The minimum absolute atomic E-state index is 0.0432. The molecule has 1 heterocycles. The number of thioether (sulfide) groups is 1. The number of hydrogen-bond acceptors (Lipinski definition) is 5. The monoisotopic (exact) mass is 468 g/mol. The van der Waals surface area contributed by atoms with Crippen LogP contribution < -0.4 is 10.1 Å². The first-order valence-electron chi connectivity index (χ1n) is 9.22. The van der Waals surface area contributed by atoms with Crippen LogP contribution in [0.15, 0.2) is 53.4 Å². The maximum absolute atomic E-state index is 13.8. The molecule has 168 valence electrons. The van der Waals surface area contributed by atoms with Crippen LogP contribution in [0.1, 0.15) is 15.9 Å². The van der Waals surface area contributed by atoms with E-state index in [0.29, 0.717) is 11.8 Å². The number of rotatable bonds is 7. The molecule has 1 N–H and O–H groups in total. The highest BCUT2D eigenvalue weighted by molar-refractivity contribution is 8.18. The number of nitrogens with zero attached hydrogens (tertiary/aromatic N) is 1. The van der Waals surface area contributed by atoms with Gasteiger partial charge >= 0.3 is 6.18 Å². The standard InChI is InChI=1S/C21H16F4N2O4S/c22-16-4-2-1-3-14(16)11-17-19(29)27(20(30)32-17)10-9-26-18(28)13-5-7-15(8-6-13)31-12-21(23,24)25/h1-8,11H,9-10,12H2,(H,26,28)/b17-11-. The summed E-state index contributed by atoms with van der Waals surface area (Å²) in [6.07, 6.45) is -3.18. The van der Waals surface area contributed by atoms with E-state index < -0.39 is 35.7 Å². The van der Waals surface area contributed by atoms with E-state index in [2.05, 4.69) is 10.1 Å². The second-order valence-corrected chi connectivity index (χ2v) is 7.53. The van der Waals surface area contributed by atoms with Crippen LogP contribution in [0.4, 0.5) is 22.4 Å². The number of carbonyl (C=O) groups is 3. The van der Waals surface area contributed by atoms with E-state index in [4.69, 9.17) is 0 Å². The van der Waals surface area contributed by atoms with E-state index in [-0.39, 0.29) is 34.9 Å². The Labute approximate surface area is 184 Å². The lowest BCUT2D eigenvalue weighted by molar-refractivity contribution is -0.153. The van der Waals surface area contributed by atoms with Crippen LogP contribution in [0.3, 0.4) is 0 Å². The van der Waals surface area contributed by atoms with E-state index in [1.807, 2.05) is 0 Å². The number of alkyl halides is 3. The van der Waals surface area contributed by atoms with Gasteiger partial charge in [0.25, 0.3) is 17.1 Å². The van der Waals surface area contributed by atoms with Crippen molar-refractivity contribution < 1.29 is 36.7 Å². The number of halogens is 4. The van der Waals surface area contributed by atoms with Crippen molar-refractivity contribution in [2.75, 3.05) is 19.7 Å². The van der Waals surface area contributed by atoms with E-state index in [9.17, 15) is 31.9 Å². The molecule has 0 atom stereocenters. The lowest BCUT2D eigenvalue weighted by atomic mass is 10.2. The lowest BCUT2D eigenvalue weighted by Crippen LogP contribution is -2.37. The Kier molecular flexibility index (Phi) is 7.18. The third-order valence-corrected chi connectivity index (χ3v) is 5.11. The number of ether oxygens (including phenoxy) is 1. The second-order valence-electron chi connectivity index (χ2n) is 6.54. The summed E-state index contributed by atoms with van der Waals surface area (Å²) in [4.78, 5) is 37.7. The summed E-state index contributed by atoms with van der Waals surface area (Å²) >= 11 is 0.674. The fourth-order valence-corrected chi connectivity index (χ4v) is 3.53. The Morgan fingerprint density at radius 3 is 2.44 bits per heavy atom. The first-order valence-corrected chi connectivity index (χ1v) is 10.0. The van der Waals surface area contributed by atoms with Gasteiger partial charge in [0.15, 0.2) is 6.61 Å². The SMILES string of the molecule is O=C(NCCN1C(=O)S/C(=C\c2ccccc2F)C1=O)c1ccc(OCC(F)(F)F)cc1. The van der Waals surface area contributed by atoms with Gasteiger partial charge < -0.3 is 10.1 Å². The molecule has 0 bridgehead atoms. The van der Waals surface area contributed by atoms with Crippen LogP contribution in [0.2, 0.25) is 0 Å². The van der Waals surface area contributed by atoms with Gasteiger partial charge in [0.1, 0.15) is 11.6 Å². The fourth-order valence-electron chi connectivity index (χ4n) is 2.68. The Balaban J connectivity index is 1.52. The summed E-state index contributed by atoms with van der Waals surface area (Å²) in [5.41, 5.74) is 0.340. The highest BCUT2D eigenvalue weighted by Crippen LogP contribution is 2.32. The molecule has 0 aliphatic carbocycles. The van der Waals surface area contributed by atoms with Crippen LogP contribution in [0, 0.1) is 5.82 Å². The highest BCUT2D eigenvalue weighted by Gasteiger charge is 2.34. The second kappa shape index (κ2) is 9.86. The molecule has 6 nitrogen and oxygen atoms in total. The van der Waals surface area contributed by atoms with Crippen molar-refractivity contribution in [3.8, 4) is 5.75 Å². The molecule has 0 radical (unpaired) electrons. The van der Waals surface area contributed by atoms with Gasteiger partial charge in [-0.15, -0.1) is 0 Å². The zero-order valence-electron chi connectivity index (χ0n) is 16.3. The molecule has 0 aromatic heterocycles. The van der Waals surface area contributed by atoms with Crippen molar-refractivity contribution >= 4 is 34.9 Å². The third-order valence-electron chi connectivity index (χ3n) is 4.21. The number of carbonyl (C=O) groups excluding carboxylic acids is 3. The van der Waals surface area contributed by atoms with Crippen molar-refractivity contribution in [3.05, 3.63) is 70.4 Å². The number of benzene rings is 2. The Morgan fingerprint density at radius 2 is 1.78 bits per heavy atom. The smallest absolute Gasteiger partial charge is 0.422 e. The molecule has 3 rings (SSSR count). The van der Waals surface area contributed by atoms with Gasteiger partial charge in [0.05, 0.1) is 4.91 Å². The van der Waals surface area contributed by atoms with Crippen LogP contribution >= 0.6 is 11.8 Å². The largest absolute Gasteiger partial charge is 0.484 e. The summed E-state index contributed by atoms with van der Waals surface area (Å²) < 4.78 is 54.8. The summed E-state index contributed by atoms with van der Waals surface area (Å²) in [5, 5.41) is 1.98. The van der Waals surface area contributed by atoms with Crippen molar-refractivity contribution in [2.45, 2.75) is 6.18 Å². The zero-order chi connectivity index (χ0) is 23.3. The number of imide groups is 1. The molecule has 1 saturated heterocycles. The first kappa shape index (κ1) is 23.3. The third kappa shape index (κ3) is 6.10. The molecule has 0 spiro atoms. The Bertz CT molecular complexity index is 1050. The van der Waals surface area contributed by atoms with Crippen LogP contribution in [-0.4, -0.2) is 47.8 Å². The minimum Gasteiger partial charge on any atom is -0.484 e. The molecule has 2 aromatic rings. The minimum atomic E-state index is -4.47. The van der Waals surface area contributed by atoms with Crippen LogP contribution in [-0.2, 0) is 4.79 Å². The Hall–Kier alpha value is -3.34. The topological polar surface area (TPSA) is 75.7 Å². The van der Waals surface area contributed by atoms with Crippen molar-refractivity contribution in [2.24, 2.45) is 0 Å². The van der Waals surface area contributed by atoms with Crippen molar-refractivity contribution in [3.63, 3.8) is 0 Å². The number of amides is 3. The molecule has 3 amide bonds. The maximum atomic E-state index is 13.8. The average molecular weight is 468 g/mol. The molecule has 1 aliphatic heterocycles. The van der Waals surface area contributed by atoms with Crippen LogP contribution in [0.5, 0.6) is 5.75 Å². The number of hydrogen-bond donors (Lipinski definition) is 1. The van der Waals surface area contributed by atoms with E-state index in [1.165, 1.54) is 48.5 Å². The van der Waals surface area contributed by atoms with Gasteiger partial charge in [-0.1, -0.05) is 18.2 Å². The predicted octanol–water partition coefficient (Wildman–Crippen LogP) is 4.23. The molecule has 11 heteroatoms. The van der Waals surface area contributed by atoms with Gasteiger partial charge in [-0.3, -0.25) is 19.3 Å². The van der Waals surface area contributed by atoms with Gasteiger partial charge in [-0.2, -0.15) is 13.2 Å². The van der Waals surface area contributed by atoms with Crippen LogP contribution in [0.25, 0.3) is 6.08 Å². The maximum Gasteiger partial charge on any atom is 0.422 e. The molecular formula is C21H16F4N2O4S. The fraction of sp³-hybridized carbons (Fsp3) is 0.190. The molecule has 32 heavy (non-hydrogen) atoms. The van der Waals surface area contributed by atoms with E-state index in [0.717, 1.165) is 4.90 Å². The first-order chi connectivity index (χ1) is 15.1. The molecule has 0 unspecified atom stereocenters. The predicted molar refractivity (Wildman–Crippen MR) is 109 cm³/mol. The zero-order valence-corrected chi connectivity index (χ0v) is 17.1. The van der Waals surface area contributed by atoms with Gasteiger partial charge in [-0.25, -0.2) is 4.39 Å². The summed E-state index contributed by atoms with van der Waals surface area (Å²) in [6.45, 7) is -1.59. The lowest BCUT2D eigenvalue weighted by Gasteiger charge is -2.13. The molecule has 1 aliphatic rings. The van der Waals surface area contributed by atoms with Gasteiger partial charge in [0, 0.05) is 24.2 Å². The van der Waals surface area contributed by atoms with Crippen molar-refractivity contribution in [1.29, 1.82) is 0 Å². The highest BCUT2D eigenvalue weighted by atomic mass is 32.2. The van der Waals surface area contributed by atoms with Gasteiger partial charge in [-0.05, 0) is 48.2 Å². The normalized spacial score (nSPS) is 15.4. The van der Waals surface area contributed by atoms with Gasteiger partial charge in [0.2, 0.25) is 0 Å². The Morgan fingerprint density at radius 1 is 1.09 bits per heavy atom. The molecule has 2 aromatic carbocycles. The quantitative estimate of drug-likeness (QED) is 0.486. The van der Waals surface area contributed by atoms with E-state index >= 15 is 0 Å². The summed E-state index contributed by atoms with van der Waals surface area (Å²) in [7, 11) is 0. The van der Waals surface area contributed by atoms with Crippen molar-refractivity contribution in [1.82, 2.24) is 10.2 Å².